The maximum atomic E-state index is 12.3. The van der Waals surface area contributed by atoms with Crippen molar-refractivity contribution in [2.45, 2.75) is 44.7 Å². The first-order valence-corrected chi connectivity index (χ1v) is 9.51. The largest absolute Gasteiger partial charge is 0.484 e. The fraction of sp³-hybridized carbons (Fsp3) is 0.500. The summed E-state index contributed by atoms with van der Waals surface area (Å²) < 4.78 is 5.53. The van der Waals surface area contributed by atoms with Crippen LogP contribution in [0.5, 0.6) is 5.75 Å². The first kappa shape index (κ1) is 17.8. The van der Waals surface area contributed by atoms with Gasteiger partial charge in [0.1, 0.15) is 5.75 Å². The van der Waals surface area contributed by atoms with Crippen LogP contribution in [0.25, 0.3) is 0 Å². The molecule has 6 nitrogen and oxygen atoms in total. The first-order chi connectivity index (χ1) is 12.0. The van der Waals surface area contributed by atoms with Gasteiger partial charge in [-0.3, -0.25) is 19.3 Å². The lowest BCUT2D eigenvalue weighted by molar-refractivity contribution is -0.129. The minimum absolute atomic E-state index is 0.0800. The van der Waals surface area contributed by atoms with Gasteiger partial charge in [0.25, 0.3) is 11.1 Å². The standard InChI is InChI=1S/C18H22N2O4S/c1-12-5-4-6-13(9-12)24-10-16(21)19-14-7-2-3-8-15(14)20-17(22)11-25-18(20)23/h4-6,9,14-15H,2-3,7-8,10-11H2,1H3,(H,19,21). The van der Waals surface area contributed by atoms with E-state index in [0.717, 1.165) is 43.0 Å². The maximum absolute atomic E-state index is 12.3. The van der Waals surface area contributed by atoms with Crippen molar-refractivity contribution in [3.05, 3.63) is 29.8 Å². The van der Waals surface area contributed by atoms with Gasteiger partial charge >= 0.3 is 0 Å². The predicted molar refractivity (Wildman–Crippen MR) is 95.6 cm³/mol. The van der Waals surface area contributed by atoms with Crippen LogP contribution < -0.4 is 10.1 Å². The third-order valence-electron chi connectivity index (χ3n) is 4.55. The van der Waals surface area contributed by atoms with Crippen molar-refractivity contribution in [3.8, 4) is 5.75 Å². The highest BCUT2D eigenvalue weighted by atomic mass is 32.2. The van der Waals surface area contributed by atoms with Crippen molar-refractivity contribution in [1.29, 1.82) is 0 Å². The Kier molecular flexibility index (Phi) is 5.63. The Balaban J connectivity index is 1.58. The Hall–Kier alpha value is -2.02. The lowest BCUT2D eigenvalue weighted by Gasteiger charge is -2.36. The molecule has 1 aromatic rings. The van der Waals surface area contributed by atoms with Gasteiger partial charge in [0.05, 0.1) is 11.8 Å². The zero-order valence-electron chi connectivity index (χ0n) is 14.2. The predicted octanol–water partition coefficient (Wildman–Crippen LogP) is 2.50. The summed E-state index contributed by atoms with van der Waals surface area (Å²) in [6.45, 7) is 1.88. The molecule has 0 spiro atoms. The van der Waals surface area contributed by atoms with Crippen LogP contribution in [0.3, 0.4) is 0 Å². The Labute approximate surface area is 151 Å². The van der Waals surface area contributed by atoms with E-state index < -0.39 is 0 Å². The molecule has 2 unspecified atom stereocenters. The zero-order valence-corrected chi connectivity index (χ0v) is 15.0. The molecule has 1 aromatic carbocycles. The van der Waals surface area contributed by atoms with E-state index in [-0.39, 0.29) is 41.5 Å². The molecule has 0 aromatic heterocycles. The molecule has 0 bridgehead atoms. The molecule has 2 aliphatic rings. The second-order valence-electron chi connectivity index (χ2n) is 6.45. The summed E-state index contributed by atoms with van der Waals surface area (Å²) in [5.41, 5.74) is 1.06. The lowest BCUT2D eigenvalue weighted by atomic mass is 9.89. The second kappa shape index (κ2) is 7.91. The highest BCUT2D eigenvalue weighted by molar-refractivity contribution is 8.14. The second-order valence-corrected chi connectivity index (χ2v) is 7.38. The maximum Gasteiger partial charge on any atom is 0.289 e. The van der Waals surface area contributed by atoms with Crippen LogP contribution in [0.15, 0.2) is 24.3 Å². The summed E-state index contributed by atoms with van der Waals surface area (Å²) in [7, 11) is 0. The fourth-order valence-corrected chi connectivity index (χ4v) is 4.14. The van der Waals surface area contributed by atoms with Gasteiger partial charge in [-0.15, -0.1) is 0 Å². The van der Waals surface area contributed by atoms with Gasteiger partial charge in [0.15, 0.2) is 6.61 Å². The molecule has 25 heavy (non-hydrogen) atoms. The van der Waals surface area contributed by atoms with Crippen molar-refractivity contribution in [1.82, 2.24) is 10.2 Å². The van der Waals surface area contributed by atoms with Crippen LogP contribution in [-0.4, -0.2) is 46.4 Å². The number of nitrogens with zero attached hydrogens (tertiary/aromatic N) is 1. The Morgan fingerprint density at radius 2 is 2.12 bits per heavy atom. The number of carbonyl (C=O) groups excluding carboxylic acids is 3. The van der Waals surface area contributed by atoms with Crippen LogP contribution >= 0.6 is 11.8 Å². The van der Waals surface area contributed by atoms with Gasteiger partial charge in [0, 0.05) is 6.04 Å². The SMILES string of the molecule is Cc1cccc(OCC(=O)NC2CCCCC2N2C(=O)CSC2=O)c1. The Bertz CT molecular complexity index is 663. The minimum Gasteiger partial charge on any atom is -0.484 e. The molecule has 1 aliphatic carbocycles. The minimum atomic E-state index is -0.244. The molecule has 134 valence electrons. The summed E-state index contributed by atoms with van der Waals surface area (Å²) in [5, 5.41) is 2.75. The Morgan fingerprint density at radius 3 is 2.84 bits per heavy atom. The molecule has 7 heteroatoms. The fourth-order valence-electron chi connectivity index (χ4n) is 3.38. The number of rotatable bonds is 5. The molecule has 2 fully saturated rings. The van der Waals surface area contributed by atoms with Gasteiger partial charge in [-0.05, 0) is 37.5 Å². The van der Waals surface area contributed by atoms with Gasteiger partial charge in [-0.2, -0.15) is 0 Å². The molecule has 1 aliphatic heterocycles. The third kappa shape index (κ3) is 4.34. The molecular weight excluding hydrogens is 340 g/mol. The number of nitrogens with one attached hydrogen (secondary N) is 1. The normalized spacial score (nSPS) is 23.6. The summed E-state index contributed by atoms with van der Waals surface area (Å²) in [5.74, 6) is 0.464. The van der Waals surface area contributed by atoms with Crippen LogP contribution in [0, 0.1) is 6.92 Å². The van der Waals surface area contributed by atoms with Crippen LogP contribution in [-0.2, 0) is 9.59 Å². The third-order valence-corrected chi connectivity index (χ3v) is 5.39. The number of benzene rings is 1. The quantitative estimate of drug-likeness (QED) is 0.871. The smallest absolute Gasteiger partial charge is 0.289 e. The van der Waals surface area contributed by atoms with E-state index >= 15 is 0 Å². The molecular formula is C18H22N2O4S. The molecule has 1 saturated carbocycles. The number of thioether (sulfide) groups is 1. The average Bonchev–Trinajstić information content (AvgIpc) is 2.92. The lowest BCUT2D eigenvalue weighted by Crippen LogP contribution is -2.55. The van der Waals surface area contributed by atoms with Gasteiger partial charge in [0.2, 0.25) is 5.91 Å². The van der Waals surface area contributed by atoms with E-state index in [9.17, 15) is 14.4 Å². The van der Waals surface area contributed by atoms with E-state index in [1.54, 1.807) is 0 Å². The molecule has 2 atom stereocenters. The van der Waals surface area contributed by atoms with E-state index in [0.29, 0.717) is 5.75 Å². The highest BCUT2D eigenvalue weighted by Crippen LogP contribution is 2.30. The topological polar surface area (TPSA) is 75.7 Å². The summed E-state index contributed by atoms with van der Waals surface area (Å²) >= 11 is 1.04. The number of imide groups is 1. The van der Waals surface area contributed by atoms with E-state index in [4.69, 9.17) is 4.74 Å². The van der Waals surface area contributed by atoms with Crippen molar-refractivity contribution < 1.29 is 19.1 Å². The number of hydrogen-bond donors (Lipinski definition) is 1. The Morgan fingerprint density at radius 1 is 1.32 bits per heavy atom. The van der Waals surface area contributed by atoms with Gasteiger partial charge in [-0.1, -0.05) is 36.7 Å². The summed E-state index contributed by atoms with van der Waals surface area (Å²) in [6, 6.07) is 7.07. The number of aryl methyl sites for hydroxylation is 1. The van der Waals surface area contributed by atoms with Crippen molar-refractivity contribution in [2.24, 2.45) is 0 Å². The molecule has 1 N–H and O–H groups in total. The zero-order chi connectivity index (χ0) is 17.8. The van der Waals surface area contributed by atoms with E-state index in [2.05, 4.69) is 5.32 Å². The van der Waals surface area contributed by atoms with Gasteiger partial charge in [-0.25, -0.2) is 0 Å². The molecule has 3 amide bonds. The van der Waals surface area contributed by atoms with Crippen molar-refractivity contribution in [3.63, 3.8) is 0 Å². The van der Waals surface area contributed by atoms with E-state index in [1.807, 2.05) is 31.2 Å². The van der Waals surface area contributed by atoms with Crippen LogP contribution in [0.2, 0.25) is 0 Å². The summed E-state index contributed by atoms with van der Waals surface area (Å²) in [4.78, 5) is 37.6. The number of carbonyl (C=O) groups is 3. The molecule has 1 saturated heterocycles. The summed E-state index contributed by atoms with van der Waals surface area (Å²) in [6.07, 6.45) is 3.44. The van der Waals surface area contributed by atoms with E-state index in [1.165, 1.54) is 4.90 Å². The highest BCUT2D eigenvalue weighted by Gasteiger charge is 2.41. The molecule has 1 heterocycles. The van der Waals surface area contributed by atoms with Gasteiger partial charge < -0.3 is 10.1 Å². The number of ether oxygens (including phenoxy) is 1. The van der Waals surface area contributed by atoms with Crippen molar-refractivity contribution >= 4 is 28.8 Å². The average molecular weight is 362 g/mol. The number of amides is 3. The van der Waals surface area contributed by atoms with Crippen LogP contribution in [0.4, 0.5) is 4.79 Å². The van der Waals surface area contributed by atoms with Crippen molar-refractivity contribution in [2.75, 3.05) is 12.4 Å². The molecule has 3 rings (SSSR count). The number of hydrogen-bond acceptors (Lipinski definition) is 5. The first-order valence-electron chi connectivity index (χ1n) is 8.52. The monoisotopic (exact) mass is 362 g/mol. The molecule has 0 radical (unpaired) electrons. The van der Waals surface area contributed by atoms with Crippen LogP contribution in [0.1, 0.15) is 31.2 Å².